The maximum Gasteiger partial charge on any atom is 0.251 e. The van der Waals surface area contributed by atoms with Crippen molar-refractivity contribution >= 4 is 11.8 Å². The van der Waals surface area contributed by atoms with Gasteiger partial charge in [0.2, 0.25) is 5.91 Å². The van der Waals surface area contributed by atoms with E-state index in [9.17, 15) is 9.59 Å². The quantitative estimate of drug-likeness (QED) is 0.901. The van der Waals surface area contributed by atoms with E-state index in [4.69, 9.17) is 0 Å². The van der Waals surface area contributed by atoms with Gasteiger partial charge in [0.25, 0.3) is 5.91 Å². The zero-order chi connectivity index (χ0) is 16.9. The number of nitrogens with zero attached hydrogens (tertiary/aromatic N) is 1. The lowest BCUT2D eigenvalue weighted by Gasteiger charge is -2.30. The zero-order valence-electron chi connectivity index (χ0n) is 14.5. The summed E-state index contributed by atoms with van der Waals surface area (Å²) >= 11 is 0. The Morgan fingerprint density at radius 3 is 2.54 bits per heavy atom. The molecule has 0 bridgehead atoms. The van der Waals surface area contributed by atoms with E-state index in [1.807, 2.05) is 25.1 Å². The van der Waals surface area contributed by atoms with Crippen LogP contribution in [0.4, 0.5) is 0 Å². The van der Waals surface area contributed by atoms with Crippen LogP contribution in [-0.4, -0.2) is 35.3 Å². The first-order valence-corrected chi connectivity index (χ1v) is 9.30. The van der Waals surface area contributed by atoms with E-state index in [1.165, 1.54) is 25.7 Å². The molecule has 1 aromatic rings. The van der Waals surface area contributed by atoms with Crippen molar-refractivity contribution in [3.8, 4) is 0 Å². The van der Waals surface area contributed by atoms with Crippen LogP contribution < -0.4 is 5.32 Å². The van der Waals surface area contributed by atoms with E-state index >= 15 is 0 Å². The highest BCUT2D eigenvalue weighted by molar-refractivity contribution is 5.94. The molecule has 1 heterocycles. The summed E-state index contributed by atoms with van der Waals surface area (Å²) in [6.07, 6.45) is 7.84. The van der Waals surface area contributed by atoms with Crippen LogP contribution in [0.3, 0.4) is 0 Å². The Kier molecular flexibility index (Phi) is 5.54. The van der Waals surface area contributed by atoms with Gasteiger partial charge in [-0.2, -0.15) is 0 Å². The topological polar surface area (TPSA) is 49.4 Å². The van der Waals surface area contributed by atoms with Crippen molar-refractivity contribution < 1.29 is 9.59 Å². The highest BCUT2D eigenvalue weighted by Gasteiger charge is 2.36. The Bertz CT molecular complexity index is 566. The van der Waals surface area contributed by atoms with E-state index in [0.29, 0.717) is 23.9 Å². The number of nitrogens with one attached hydrogen (secondary N) is 1. The molecule has 24 heavy (non-hydrogen) atoms. The second-order valence-electron chi connectivity index (χ2n) is 7.29. The van der Waals surface area contributed by atoms with Gasteiger partial charge in [-0.15, -0.1) is 0 Å². The minimum atomic E-state index is -0.143. The summed E-state index contributed by atoms with van der Waals surface area (Å²) in [5.74, 6) is 0.792. The average molecular weight is 328 g/mol. The van der Waals surface area contributed by atoms with Gasteiger partial charge in [-0.25, -0.2) is 0 Å². The number of rotatable bonds is 5. The van der Waals surface area contributed by atoms with Gasteiger partial charge in [0.1, 0.15) is 0 Å². The maximum atomic E-state index is 12.7. The first kappa shape index (κ1) is 17.0. The van der Waals surface area contributed by atoms with Crippen molar-refractivity contribution in [3.05, 3.63) is 35.9 Å². The van der Waals surface area contributed by atoms with Gasteiger partial charge in [-0.05, 0) is 50.7 Å². The lowest BCUT2D eigenvalue weighted by Crippen LogP contribution is -2.43. The second-order valence-corrected chi connectivity index (χ2v) is 7.29. The Morgan fingerprint density at radius 1 is 1.12 bits per heavy atom. The summed E-state index contributed by atoms with van der Waals surface area (Å²) in [6, 6.07) is 9.47. The summed E-state index contributed by atoms with van der Waals surface area (Å²) in [6.45, 7) is 2.80. The molecule has 130 valence electrons. The number of likely N-dealkylation sites (tertiary alicyclic amines) is 1. The molecule has 1 aliphatic carbocycles. The van der Waals surface area contributed by atoms with Crippen LogP contribution in [0, 0.1) is 5.92 Å². The smallest absolute Gasteiger partial charge is 0.251 e. The SMILES string of the molecule is CC(CC(=O)N1CCCC1C1CCCC1)NC(=O)c1ccccc1. The van der Waals surface area contributed by atoms with Gasteiger partial charge in [0.15, 0.2) is 0 Å². The number of carbonyl (C=O) groups is 2. The van der Waals surface area contributed by atoms with Gasteiger partial charge in [0, 0.05) is 30.6 Å². The highest BCUT2D eigenvalue weighted by atomic mass is 16.2. The fourth-order valence-corrected chi connectivity index (χ4v) is 4.26. The van der Waals surface area contributed by atoms with E-state index in [0.717, 1.165) is 19.4 Å². The van der Waals surface area contributed by atoms with Crippen molar-refractivity contribution in [2.75, 3.05) is 6.54 Å². The van der Waals surface area contributed by atoms with Crippen molar-refractivity contribution in [1.82, 2.24) is 10.2 Å². The van der Waals surface area contributed by atoms with E-state index in [2.05, 4.69) is 10.2 Å². The van der Waals surface area contributed by atoms with Crippen molar-refractivity contribution in [2.24, 2.45) is 5.92 Å². The Labute approximate surface area is 144 Å². The number of benzene rings is 1. The lowest BCUT2D eigenvalue weighted by atomic mass is 9.95. The van der Waals surface area contributed by atoms with Crippen LogP contribution >= 0.6 is 0 Å². The Morgan fingerprint density at radius 2 is 1.83 bits per heavy atom. The van der Waals surface area contributed by atoms with Gasteiger partial charge in [-0.1, -0.05) is 31.0 Å². The Balaban J connectivity index is 1.53. The molecule has 2 fully saturated rings. The number of carbonyl (C=O) groups excluding carboxylic acids is 2. The van der Waals surface area contributed by atoms with Gasteiger partial charge in [0.05, 0.1) is 0 Å². The van der Waals surface area contributed by atoms with Crippen LogP contribution in [0.2, 0.25) is 0 Å². The average Bonchev–Trinajstić information content (AvgIpc) is 3.26. The standard InChI is InChI=1S/C20H28N2O2/c1-15(21-20(24)17-10-3-2-4-11-17)14-19(23)22-13-7-12-18(22)16-8-5-6-9-16/h2-4,10-11,15-16,18H,5-9,12-14H2,1H3,(H,21,24). The normalized spacial score (nSPS) is 22.5. The molecule has 2 atom stereocenters. The van der Waals surface area contributed by atoms with Crippen LogP contribution in [0.5, 0.6) is 0 Å². The van der Waals surface area contributed by atoms with Crippen LogP contribution in [0.1, 0.15) is 62.2 Å². The van der Waals surface area contributed by atoms with E-state index < -0.39 is 0 Å². The van der Waals surface area contributed by atoms with E-state index in [1.54, 1.807) is 12.1 Å². The van der Waals surface area contributed by atoms with Crippen molar-refractivity contribution in [2.45, 2.75) is 64.0 Å². The Hall–Kier alpha value is -1.84. The molecule has 2 amide bonds. The highest BCUT2D eigenvalue weighted by Crippen LogP contribution is 2.35. The maximum absolute atomic E-state index is 12.7. The van der Waals surface area contributed by atoms with Crippen LogP contribution in [-0.2, 0) is 4.79 Å². The molecule has 0 radical (unpaired) electrons. The number of hydrogen-bond acceptors (Lipinski definition) is 2. The largest absolute Gasteiger partial charge is 0.349 e. The third kappa shape index (κ3) is 3.97. The summed E-state index contributed by atoms with van der Waals surface area (Å²) in [4.78, 5) is 27.0. The molecular formula is C20H28N2O2. The molecule has 4 heteroatoms. The third-order valence-electron chi connectivity index (χ3n) is 5.46. The molecule has 1 saturated heterocycles. The molecule has 3 rings (SSSR count). The summed E-state index contributed by atoms with van der Waals surface area (Å²) in [7, 11) is 0. The molecule has 4 nitrogen and oxygen atoms in total. The first-order valence-electron chi connectivity index (χ1n) is 9.30. The predicted octanol–water partition coefficient (Wildman–Crippen LogP) is 3.38. The number of amides is 2. The van der Waals surface area contributed by atoms with Crippen LogP contribution in [0.15, 0.2) is 30.3 Å². The molecule has 1 saturated carbocycles. The fourth-order valence-electron chi connectivity index (χ4n) is 4.26. The molecule has 1 N–H and O–H groups in total. The molecule has 1 aliphatic heterocycles. The summed E-state index contributed by atoms with van der Waals surface area (Å²) < 4.78 is 0. The molecule has 2 aliphatic rings. The summed E-state index contributed by atoms with van der Waals surface area (Å²) in [5, 5.41) is 2.95. The minimum Gasteiger partial charge on any atom is -0.349 e. The van der Waals surface area contributed by atoms with Gasteiger partial charge < -0.3 is 10.2 Å². The zero-order valence-corrected chi connectivity index (χ0v) is 14.5. The molecular weight excluding hydrogens is 300 g/mol. The molecule has 0 spiro atoms. The predicted molar refractivity (Wildman–Crippen MR) is 94.7 cm³/mol. The van der Waals surface area contributed by atoms with Crippen molar-refractivity contribution in [3.63, 3.8) is 0 Å². The summed E-state index contributed by atoms with van der Waals surface area (Å²) in [5.41, 5.74) is 0.641. The lowest BCUT2D eigenvalue weighted by molar-refractivity contribution is -0.133. The third-order valence-corrected chi connectivity index (χ3v) is 5.46. The van der Waals surface area contributed by atoms with Gasteiger partial charge >= 0.3 is 0 Å². The van der Waals surface area contributed by atoms with Gasteiger partial charge in [-0.3, -0.25) is 9.59 Å². The monoisotopic (exact) mass is 328 g/mol. The number of hydrogen-bond donors (Lipinski definition) is 1. The molecule has 1 aromatic carbocycles. The fraction of sp³-hybridized carbons (Fsp3) is 0.600. The van der Waals surface area contributed by atoms with E-state index in [-0.39, 0.29) is 17.9 Å². The van der Waals surface area contributed by atoms with Crippen molar-refractivity contribution in [1.29, 1.82) is 0 Å². The molecule has 0 aromatic heterocycles. The first-order chi connectivity index (χ1) is 11.6. The minimum absolute atomic E-state index is 0.107. The van der Waals surface area contributed by atoms with Crippen LogP contribution in [0.25, 0.3) is 0 Å². The second kappa shape index (κ2) is 7.82. The molecule has 2 unspecified atom stereocenters.